The molecule has 1 aliphatic carbocycles. The summed E-state index contributed by atoms with van der Waals surface area (Å²) in [5.41, 5.74) is 0.848. The minimum absolute atomic E-state index is 0.308. The van der Waals surface area contributed by atoms with Crippen LogP contribution in [-0.4, -0.2) is 5.78 Å². The van der Waals surface area contributed by atoms with Crippen molar-refractivity contribution in [2.75, 3.05) is 0 Å². The lowest BCUT2D eigenvalue weighted by atomic mass is 10.1. The fraction of sp³-hybridized carbons (Fsp3) is 0.417. The van der Waals surface area contributed by atoms with Gasteiger partial charge in [0.2, 0.25) is 0 Å². The summed E-state index contributed by atoms with van der Waals surface area (Å²) in [4.78, 5) is 11.5. The van der Waals surface area contributed by atoms with E-state index in [-0.39, 0.29) is 0 Å². The van der Waals surface area contributed by atoms with Gasteiger partial charge in [0.1, 0.15) is 0 Å². The van der Waals surface area contributed by atoms with Crippen molar-refractivity contribution in [1.82, 2.24) is 0 Å². The molecule has 2 rings (SSSR count). The smallest absolute Gasteiger partial charge is 0.165 e. The average Bonchev–Trinajstić information content (AvgIpc) is 3.04. The number of Topliss-reactive ketones (excluding diaryl/α,β-unsaturated/α-hetero) is 1. The number of hydrogen-bond acceptors (Lipinski definition) is 1. The first-order valence-electron chi connectivity index (χ1n) is 5.07. The van der Waals surface area contributed by atoms with Crippen molar-refractivity contribution >= 4 is 21.7 Å². The summed E-state index contributed by atoms with van der Waals surface area (Å²) in [6.07, 6.45) is 2.16. The number of halogens is 1. The van der Waals surface area contributed by atoms with Crippen molar-refractivity contribution in [1.29, 1.82) is 0 Å². The second-order valence-electron chi connectivity index (χ2n) is 3.15. The van der Waals surface area contributed by atoms with Crippen LogP contribution < -0.4 is 0 Å². The second-order valence-corrected chi connectivity index (χ2v) is 4.06. The monoisotopic (exact) mass is 254 g/mol. The maximum atomic E-state index is 11.5. The second kappa shape index (κ2) is 5.30. The predicted octanol–water partition coefficient (Wildman–Crippen LogP) is 4.07. The molecule has 1 fully saturated rings. The molecule has 0 aliphatic heterocycles. The number of carbonyl (C=O) groups excluding carboxylic acids is 1. The van der Waals surface area contributed by atoms with E-state index in [1.54, 1.807) is 0 Å². The standard InChI is InChI=1S/C10H9BrO.C2H6/c11-9-5-3-8(4-6-9)10(12)7-1-2-7;1-2/h3-7H,1-2H2;1-2H3. The van der Waals surface area contributed by atoms with Crippen molar-refractivity contribution in [3.63, 3.8) is 0 Å². The van der Waals surface area contributed by atoms with Crippen LogP contribution in [0.25, 0.3) is 0 Å². The Morgan fingerprint density at radius 2 is 1.71 bits per heavy atom. The number of carbonyl (C=O) groups is 1. The maximum Gasteiger partial charge on any atom is 0.165 e. The molecular formula is C12H15BrO. The van der Waals surface area contributed by atoms with E-state index in [0.29, 0.717) is 11.7 Å². The highest BCUT2D eigenvalue weighted by Gasteiger charge is 2.30. The molecule has 0 radical (unpaired) electrons. The van der Waals surface area contributed by atoms with Crippen LogP contribution >= 0.6 is 15.9 Å². The van der Waals surface area contributed by atoms with E-state index in [1.165, 1.54) is 0 Å². The number of hydrogen-bond donors (Lipinski definition) is 0. The minimum atomic E-state index is 0.308. The molecule has 1 aliphatic rings. The summed E-state index contributed by atoms with van der Waals surface area (Å²) >= 11 is 3.34. The van der Waals surface area contributed by atoms with Gasteiger partial charge >= 0.3 is 0 Å². The fourth-order valence-corrected chi connectivity index (χ4v) is 1.46. The quantitative estimate of drug-likeness (QED) is 0.728. The zero-order chi connectivity index (χ0) is 10.6. The SMILES string of the molecule is CC.O=C(c1ccc(Br)cc1)C1CC1. The summed E-state index contributed by atoms with van der Waals surface area (Å²) in [6, 6.07) is 7.58. The highest BCUT2D eigenvalue weighted by molar-refractivity contribution is 9.10. The third-order valence-electron chi connectivity index (χ3n) is 2.08. The molecule has 0 spiro atoms. The number of benzene rings is 1. The van der Waals surface area contributed by atoms with E-state index in [4.69, 9.17) is 0 Å². The topological polar surface area (TPSA) is 17.1 Å². The van der Waals surface area contributed by atoms with Crippen LogP contribution in [0.2, 0.25) is 0 Å². The van der Waals surface area contributed by atoms with Gasteiger partial charge in [0.05, 0.1) is 0 Å². The van der Waals surface area contributed by atoms with Crippen LogP contribution in [0.3, 0.4) is 0 Å². The van der Waals surface area contributed by atoms with Crippen molar-refractivity contribution in [3.8, 4) is 0 Å². The molecule has 76 valence electrons. The molecule has 0 N–H and O–H groups in total. The van der Waals surface area contributed by atoms with Gasteiger partial charge in [-0.15, -0.1) is 0 Å². The molecule has 14 heavy (non-hydrogen) atoms. The summed E-state index contributed by atoms with van der Waals surface area (Å²) in [5, 5.41) is 0. The van der Waals surface area contributed by atoms with Crippen molar-refractivity contribution in [3.05, 3.63) is 34.3 Å². The largest absolute Gasteiger partial charge is 0.294 e. The summed E-state index contributed by atoms with van der Waals surface area (Å²) in [6.45, 7) is 4.00. The van der Waals surface area contributed by atoms with E-state index < -0.39 is 0 Å². The molecule has 2 heteroatoms. The molecule has 0 aromatic heterocycles. The Kier molecular flexibility index (Phi) is 4.33. The van der Waals surface area contributed by atoms with Crippen molar-refractivity contribution in [2.24, 2.45) is 5.92 Å². The van der Waals surface area contributed by atoms with Crippen molar-refractivity contribution in [2.45, 2.75) is 26.7 Å². The van der Waals surface area contributed by atoms with Gasteiger partial charge in [0.25, 0.3) is 0 Å². The number of rotatable bonds is 2. The number of ketones is 1. The van der Waals surface area contributed by atoms with Gasteiger partial charge in [-0.25, -0.2) is 0 Å². The lowest BCUT2D eigenvalue weighted by Gasteiger charge is -1.97. The Morgan fingerprint density at radius 3 is 2.14 bits per heavy atom. The zero-order valence-electron chi connectivity index (χ0n) is 8.59. The molecule has 1 aromatic carbocycles. The van der Waals surface area contributed by atoms with E-state index in [2.05, 4.69) is 15.9 Å². The predicted molar refractivity (Wildman–Crippen MR) is 62.5 cm³/mol. The first kappa shape index (κ1) is 11.4. The summed E-state index contributed by atoms with van der Waals surface area (Å²) < 4.78 is 1.02. The Labute approximate surface area is 93.7 Å². The van der Waals surface area contributed by atoms with E-state index in [9.17, 15) is 4.79 Å². The van der Waals surface area contributed by atoms with Crippen LogP contribution in [0, 0.1) is 5.92 Å². The first-order valence-corrected chi connectivity index (χ1v) is 5.86. The van der Waals surface area contributed by atoms with Gasteiger partial charge in [0, 0.05) is 16.0 Å². The summed E-state index contributed by atoms with van der Waals surface area (Å²) in [5.74, 6) is 0.633. The van der Waals surface area contributed by atoms with E-state index >= 15 is 0 Å². The van der Waals surface area contributed by atoms with Gasteiger partial charge in [-0.05, 0) is 25.0 Å². The van der Waals surface area contributed by atoms with Crippen LogP contribution in [0.15, 0.2) is 28.7 Å². The highest BCUT2D eigenvalue weighted by Crippen LogP contribution is 2.32. The third-order valence-corrected chi connectivity index (χ3v) is 2.61. The Balaban J connectivity index is 0.000000461. The molecule has 0 heterocycles. The van der Waals surface area contributed by atoms with Crippen molar-refractivity contribution < 1.29 is 4.79 Å². The molecule has 1 saturated carbocycles. The Hall–Kier alpha value is -0.630. The van der Waals surface area contributed by atoms with Gasteiger partial charge in [-0.1, -0.05) is 41.9 Å². The molecule has 0 amide bonds. The molecule has 0 bridgehead atoms. The van der Waals surface area contributed by atoms with Gasteiger partial charge in [-0.3, -0.25) is 4.79 Å². The van der Waals surface area contributed by atoms with Crippen LogP contribution in [0.5, 0.6) is 0 Å². The Bertz CT molecular complexity index is 299. The molecule has 0 atom stereocenters. The highest BCUT2D eigenvalue weighted by atomic mass is 79.9. The molecule has 0 saturated heterocycles. The van der Waals surface area contributed by atoms with Gasteiger partial charge in [0.15, 0.2) is 5.78 Å². The van der Waals surface area contributed by atoms with E-state index in [1.807, 2.05) is 38.1 Å². The zero-order valence-corrected chi connectivity index (χ0v) is 10.2. The first-order chi connectivity index (χ1) is 6.77. The van der Waals surface area contributed by atoms with Gasteiger partial charge < -0.3 is 0 Å². The van der Waals surface area contributed by atoms with Crippen LogP contribution in [0.1, 0.15) is 37.0 Å². The lowest BCUT2D eigenvalue weighted by molar-refractivity contribution is 0.0967. The third kappa shape index (κ3) is 2.95. The molecule has 0 unspecified atom stereocenters. The van der Waals surface area contributed by atoms with Crippen LogP contribution in [0.4, 0.5) is 0 Å². The minimum Gasteiger partial charge on any atom is -0.294 e. The average molecular weight is 255 g/mol. The van der Waals surface area contributed by atoms with Gasteiger partial charge in [-0.2, -0.15) is 0 Å². The molecular weight excluding hydrogens is 240 g/mol. The fourth-order valence-electron chi connectivity index (χ4n) is 1.20. The molecule has 1 aromatic rings. The Morgan fingerprint density at radius 1 is 1.21 bits per heavy atom. The van der Waals surface area contributed by atoms with E-state index in [0.717, 1.165) is 22.9 Å². The van der Waals surface area contributed by atoms with Crippen LogP contribution in [-0.2, 0) is 0 Å². The normalized spacial score (nSPS) is 14.2. The lowest BCUT2D eigenvalue weighted by Crippen LogP contribution is -1.99. The summed E-state index contributed by atoms with van der Waals surface area (Å²) in [7, 11) is 0. The molecule has 1 nitrogen and oxygen atoms in total. The maximum absolute atomic E-state index is 11.5.